The molecule has 162 valence electrons. The first-order valence-electron chi connectivity index (χ1n) is 10.5. The third-order valence-electron chi connectivity index (χ3n) is 5.25. The molecule has 0 saturated heterocycles. The molecule has 0 aliphatic heterocycles. The van der Waals surface area contributed by atoms with E-state index in [1.807, 2.05) is 6.07 Å². The largest absolute Gasteiger partial charge is 0.449 e. The molecule has 1 saturated carbocycles. The van der Waals surface area contributed by atoms with Crippen LogP contribution in [-0.4, -0.2) is 35.8 Å². The minimum atomic E-state index is -1.14. The molecule has 2 aromatic rings. The van der Waals surface area contributed by atoms with Crippen molar-refractivity contribution in [1.82, 2.24) is 10.6 Å². The van der Waals surface area contributed by atoms with E-state index < -0.39 is 24.0 Å². The summed E-state index contributed by atoms with van der Waals surface area (Å²) in [6.07, 6.45) is 3.93. The minimum Gasteiger partial charge on any atom is -0.449 e. The summed E-state index contributed by atoms with van der Waals surface area (Å²) in [6, 6.07) is 14.3. The van der Waals surface area contributed by atoms with Gasteiger partial charge in [0.15, 0.2) is 11.9 Å². The summed E-state index contributed by atoms with van der Waals surface area (Å²) in [4.78, 5) is 48.9. The van der Waals surface area contributed by atoms with Gasteiger partial charge in [-0.15, -0.1) is 0 Å². The van der Waals surface area contributed by atoms with Crippen molar-refractivity contribution in [2.24, 2.45) is 0 Å². The van der Waals surface area contributed by atoms with Crippen LogP contribution in [-0.2, 0) is 9.53 Å². The predicted molar refractivity (Wildman–Crippen MR) is 115 cm³/mol. The maximum absolute atomic E-state index is 12.4. The maximum atomic E-state index is 12.4. The van der Waals surface area contributed by atoms with Crippen molar-refractivity contribution < 1.29 is 23.9 Å². The fourth-order valence-corrected chi connectivity index (χ4v) is 3.48. The van der Waals surface area contributed by atoms with Gasteiger partial charge < -0.3 is 10.1 Å². The van der Waals surface area contributed by atoms with E-state index in [4.69, 9.17) is 4.74 Å². The van der Waals surface area contributed by atoms with E-state index in [1.54, 1.807) is 24.3 Å². The summed E-state index contributed by atoms with van der Waals surface area (Å²) in [5.74, 6) is -1.57. The number of imide groups is 1. The van der Waals surface area contributed by atoms with E-state index in [9.17, 15) is 19.2 Å². The lowest BCUT2D eigenvalue weighted by Gasteiger charge is -2.23. The molecule has 0 bridgehead atoms. The van der Waals surface area contributed by atoms with Crippen LogP contribution in [0.25, 0.3) is 0 Å². The van der Waals surface area contributed by atoms with Crippen LogP contribution in [0, 0.1) is 0 Å². The van der Waals surface area contributed by atoms with Crippen LogP contribution in [0.5, 0.6) is 0 Å². The second-order valence-electron chi connectivity index (χ2n) is 7.62. The Hall–Kier alpha value is -3.48. The van der Waals surface area contributed by atoms with Gasteiger partial charge >= 0.3 is 12.0 Å². The topological polar surface area (TPSA) is 102 Å². The number of carbonyl (C=O) groups is 4. The van der Waals surface area contributed by atoms with Gasteiger partial charge in [0.05, 0.1) is 5.56 Å². The molecule has 0 radical (unpaired) electrons. The molecule has 3 amide bonds. The molecular formula is C24H26N2O5. The van der Waals surface area contributed by atoms with Crippen LogP contribution < -0.4 is 10.6 Å². The van der Waals surface area contributed by atoms with E-state index >= 15 is 0 Å². The average molecular weight is 422 g/mol. The average Bonchev–Trinajstić information content (AvgIpc) is 2.79. The highest BCUT2D eigenvalue weighted by molar-refractivity contribution is 6.09. The zero-order valence-corrected chi connectivity index (χ0v) is 17.4. The number of urea groups is 1. The molecule has 0 spiro atoms. The molecule has 0 unspecified atom stereocenters. The van der Waals surface area contributed by atoms with Crippen molar-refractivity contribution in [2.75, 3.05) is 0 Å². The second kappa shape index (κ2) is 10.5. The van der Waals surface area contributed by atoms with Crippen LogP contribution in [0.4, 0.5) is 4.79 Å². The lowest BCUT2D eigenvalue weighted by molar-refractivity contribution is -0.127. The van der Waals surface area contributed by atoms with Crippen LogP contribution in [0.2, 0.25) is 0 Å². The SMILES string of the molecule is C[C@@H](OC(=O)c1ccc(C(=O)c2ccccc2)cc1)C(=O)NC(=O)NC1CCCCC1. The Morgan fingerprint density at radius 3 is 2.06 bits per heavy atom. The Labute approximate surface area is 181 Å². The molecule has 0 aromatic heterocycles. The molecule has 31 heavy (non-hydrogen) atoms. The minimum absolute atomic E-state index is 0.0662. The van der Waals surface area contributed by atoms with Gasteiger partial charge in [0.1, 0.15) is 0 Å². The van der Waals surface area contributed by atoms with E-state index in [0.29, 0.717) is 11.1 Å². The molecule has 0 heterocycles. The summed E-state index contributed by atoms with van der Waals surface area (Å²) in [5, 5.41) is 4.99. The van der Waals surface area contributed by atoms with Crippen LogP contribution in [0.1, 0.15) is 65.3 Å². The Bertz CT molecular complexity index is 934. The van der Waals surface area contributed by atoms with Gasteiger partial charge in [-0.05, 0) is 31.9 Å². The molecule has 2 N–H and O–H groups in total. The van der Waals surface area contributed by atoms with Crippen molar-refractivity contribution in [3.63, 3.8) is 0 Å². The smallest absolute Gasteiger partial charge is 0.338 e. The fraction of sp³-hybridized carbons (Fsp3) is 0.333. The van der Waals surface area contributed by atoms with Gasteiger partial charge in [-0.25, -0.2) is 9.59 Å². The second-order valence-corrected chi connectivity index (χ2v) is 7.62. The first kappa shape index (κ1) is 22.2. The Balaban J connectivity index is 1.51. The number of carbonyl (C=O) groups excluding carboxylic acids is 4. The number of nitrogens with one attached hydrogen (secondary N) is 2. The number of benzene rings is 2. The third kappa shape index (κ3) is 6.25. The lowest BCUT2D eigenvalue weighted by atomic mass is 9.96. The van der Waals surface area contributed by atoms with Crippen molar-refractivity contribution in [3.8, 4) is 0 Å². The number of rotatable bonds is 6. The van der Waals surface area contributed by atoms with Crippen molar-refractivity contribution in [1.29, 1.82) is 0 Å². The maximum Gasteiger partial charge on any atom is 0.338 e. The molecule has 3 rings (SSSR count). The standard InChI is InChI=1S/C24H26N2O5/c1-16(22(28)26-24(30)25-20-10-6-3-7-11-20)31-23(29)19-14-12-18(13-15-19)21(27)17-8-4-2-5-9-17/h2,4-5,8-9,12-16,20H,3,6-7,10-11H2,1H3,(H2,25,26,28,30)/t16-/m1/s1. The number of hydrogen-bond acceptors (Lipinski definition) is 5. The number of hydrogen-bond donors (Lipinski definition) is 2. The van der Waals surface area contributed by atoms with Gasteiger partial charge in [-0.2, -0.15) is 0 Å². The molecule has 7 nitrogen and oxygen atoms in total. The van der Waals surface area contributed by atoms with Crippen molar-refractivity contribution in [3.05, 3.63) is 71.3 Å². The number of esters is 1. The Morgan fingerprint density at radius 1 is 0.839 bits per heavy atom. The highest BCUT2D eigenvalue weighted by atomic mass is 16.5. The fourth-order valence-electron chi connectivity index (χ4n) is 3.48. The summed E-state index contributed by atoms with van der Waals surface area (Å²) in [7, 11) is 0. The van der Waals surface area contributed by atoms with Gasteiger partial charge in [0.25, 0.3) is 5.91 Å². The molecule has 7 heteroatoms. The molecule has 2 aromatic carbocycles. The van der Waals surface area contributed by atoms with Gasteiger partial charge in [-0.3, -0.25) is 14.9 Å². The first-order valence-corrected chi connectivity index (χ1v) is 10.5. The van der Waals surface area contributed by atoms with E-state index in [1.165, 1.54) is 31.2 Å². The summed E-state index contributed by atoms with van der Waals surface area (Å²) in [6.45, 7) is 1.40. The van der Waals surface area contributed by atoms with Crippen molar-refractivity contribution in [2.45, 2.75) is 51.2 Å². The zero-order chi connectivity index (χ0) is 22.2. The van der Waals surface area contributed by atoms with Crippen LogP contribution in [0.15, 0.2) is 54.6 Å². The number of amides is 3. The van der Waals surface area contributed by atoms with Crippen LogP contribution >= 0.6 is 0 Å². The Kier molecular flexibility index (Phi) is 7.54. The van der Waals surface area contributed by atoms with Gasteiger partial charge in [-0.1, -0.05) is 61.7 Å². The highest BCUT2D eigenvalue weighted by Crippen LogP contribution is 2.17. The molecule has 1 fully saturated rings. The van der Waals surface area contributed by atoms with E-state index in [0.717, 1.165) is 32.1 Å². The third-order valence-corrected chi connectivity index (χ3v) is 5.25. The van der Waals surface area contributed by atoms with Gasteiger partial charge in [0, 0.05) is 17.2 Å². The highest BCUT2D eigenvalue weighted by Gasteiger charge is 2.23. The van der Waals surface area contributed by atoms with E-state index in [-0.39, 0.29) is 17.4 Å². The van der Waals surface area contributed by atoms with Crippen LogP contribution in [0.3, 0.4) is 0 Å². The molecule has 1 aliphatic rings. The quantitative estimate of drug-likeness (QED) is 0.547. The number of ether oxygens (including phenoxy) is 1. The normalized spacial score (nSPS) is 14.9. The summed E-state index contributed by atoms with van der Waals surface area (Å²) < 4.78 is 5.16. The molecular weight excluding hydrogens is 396 g/mol. The van der Waals surface area contributed by atoms with Crippen molar-refractivity contribution >= 4 is 23.7 Å². The molecule has 1 atom stereocenters. The summed E-state index contributed by atoms with van der Waals surface area (Å²) >= 11 is 0. The Morgan fingerprint density at radius 2 is 1.42 bits per heavy atom. The van der Waals surface area contributed by atoms with E-state index in [2.05, 4.69) is 10.6 Å². The molecule has 1 aliphatic carbocycles. The first-order chi connectivity index (χ1) is 14.9. The van der Waals surface area contributed by atoms with Gasteiger partial charge in [0.2, 0.25) is 0 Å². The number of ketones is 1. The predicted octanol–water partition coefficient (Wildman–Crippen LogP) is 3.62. The monoisotopic (exact) mass is 422 g/mol. The summed E-state index contributed by atoms with van der Waals surface area (Å²) in [5.41, 5.74) is 1.19. The lowest BCUT2D eigenvalue weighted by Crippen LogP contribution is -2.48. The zero-order valence-electron chi connectivity index (χ0n) is 17.4.